The summed E-state index contributed by atoms with van der Waals surface area (Å²) in [5, 5.41) is 6.74. The highest BCUT2D eigenvalue weighted by molar-refractivity contribution is 6.31. The number of amides is 1. The van der Waals surface area contributed by atoms with Crippen molar-refractivity contribution in [3.63, 3.8) is 0 Å². The van der Waals surface area contributed by atoms with Crippen LogP contribution in [0.2, 0.25) is 5.02 Å². The Balaban J connectivity index is 2.29. The number of carbonyl (C=O) groups excluding carboxylic acids is 1. The fourth-order valence-electron chi connectivity index (χ4n) is 1.57. The number of rotatable bonds is 7. The van der Waals surface area contributed by atoms with Gasteiger partial charge in [-0.1, -0.05) is 17.7 Å². The second-order valence-electron chi connectivity index (χ2n) is 4.81. The van der Waals surface area contributed by atoms with Gasteiger partial charge in [0.1, 0.15) is 0 Å². The summed E-state index contributed by atoms with van der Waals surface area (Å²) < 4.78 is 0. The Hall–Kier alpha value is -1.10. The van der Waals surface area contributed by atoms with E-state index in [1.54, 1.807) is 6.07 Å². The van der Waals surface area contributed by atoms with Crippen LogP contribution in [0.5, 0.6) is 0 Å². The number of benzene rings is 1. The summed E-state index contributed by atoms with van der Waals surface area (Å²) in [5.41, 5.74) is 1.80. The normalized spacial score (nSPS) is 10.8. The molecule has 19 heavy (non-hydrogen) atoms. The van der Waals surface area contributed by atoms with Gasteiger partial charge in [0.05, 0.1) is 0 Å². The minimum Gasteiger partial charge on any atom is -0.326 e. The quantitative estimate of drug-likeness (QED) is 0.754. The molecule has 0 aliphatic carbocycles. The van der Waals surface area contributed by atoms with Crippen molar-refractivity contribution in [2.75, 3.05) is 39.0 Å². The summed E-state index contributed by atoms with van der Waals surface area (Å²) in [5.74, 6) is 0.00252. The lowest BCUT2D eigenvalue weighted by Crippen LogP contribution is -2.29. The molecule has 0 bridgehead atoms. The molecular weight excluding hydrogens is 262 g/mol. The van der Waals surface area contributed by atoms with E-state index < -0.39 is 0 Å². The average Bonchev–Trinajstić information content (AvgIpc) is 2.33. The molecule has 0 unspecified atom stereocenters. The van der Waals surface area contributed by atoms with E-state index in [-0.39, 0.29) is 5.91 Å². The van der Waals surface area contributed by atoms with E-state index >= 15 is 0 Å². The summed E-state index contributed by atoms with van der Waals surface area (Å²) in [4.78, 5) is 13.9. The van der Waals surface area contributed by atoms with Crippen LogP contribution < -0.4 is 10.6 Å². The molecule has 1 aromatic rings. The Bertz CT molecular complexity index is 421. The second kappa shape index (κ2) is 8.15. The number of anilines is 1. The molecule has 0 atom stereocenters. The molecule has 0 aliphatic heterocycles. The third kappa shape index (κ3) is 6.57. The predicted molar refractivity (Wildman–Crippen MR) is 80.9 cm³/mol. The molecular formula is C14H22ClN3O. The van der Waals surface area contributed by atoms with Gasteiger partial charge in [0.2, 0.25) is 5.91 Å². The number of carbonyl (C=O) groups is 1. The van der Waals surface area contributed by atoms with Crippen molar-refractivity contribution in [2.45, 2.75) is 13.3 Å². The van der Waals surface area contributed by atoms with E-state index in [4.69, 9.17) is 11.6 Å². The zero-order valence-electron chi connectivity index (χ0n) is 11.8. The number of nitrogens with zero attached hydrogens (tertiary/aromatic N) is 1. The fraction of sp³-hybridized carbons (Fsp3) is 0.500. The lowest BCUT2D eigenvalue weighted by Gasteiger charge is -2.11. The molecule has 5 heteroatoms. The van der Waals surface area contributed by atoms with Gasteiger partial charge in [0.25, 0.3) is 0 Å². The lowest BCUT2D eigenvalue weighted by molar-refractivity contribution is -0.116. The molecule has 0 spiro atoms. The van der Waals surface area contributed by atoms with Gasteiger partial charge in [-0.05, 0) is 38.7 Å². The minimum absolute atomic E-state index is 0.00252. The molecule has 0 heterocycles. The molecule has 2 N–H and O–H groups in total. The van der Waals surface area contributed by atoms with Crippen molar-refractivity contribution in [2.24, 2.45) is 0 Å². The van der Waals surface area contributed by atoms with Gasteiger partial charge in [-0.25, -0.2) is 0 Å². The Morgan fingerprint density at radius 2 is 2.05 bits per heavy atom. The fourth-order valence-corrected chi connectivity index (χ4v) is 1.74. The summed E-state index contributed by atoms with van der Waals surface area (Å²) in [6, 6.07) is 5.48. The second-order valence-corrected chi connectivity index (χ2v) is 5.25. The summed E-state index contributed by atoms with van der Waals surface area (Å²) in [6.45, 7) is 4.48. The SMILES string of the molecule is Cc1ccc(Cl)cc1NC(=O)CCNCCN(C)C. The van der Waals surface area contributed by atoms with E-state index in [0.717, 1.165) is 24.3 Å². The Morgan fingerprint density at radius 1 is 1.32 bits per heavy atom. The van der Waals surface area contributed by atoms with Crippen LogP contribution in [0, 0.1) is 6.92 Å². The van der Waals surface area contributed by atoms with Gasteiger partial charge in [0, 0.05) is 36.8 Å². The first-order valence-electron chi connectivity index (χ1n) is 6.40. The average molecular weight is 284 g/mol. The molecule has 1 rings (SSSR count). The van der Waals surface area contributed by atoms with Crippen LogP contribution in [0.4, 0.5) is 5.69 Å². The number of hydrogen-bond acceptors (Lipinski definition) is 3. The topological polar surface area (TPSA) is 44.4 Å². The van der Waals surface area contributed by atoms with E-state index in [1.165, 1.54) is 0 Å². The van der Waals surface area contributed by atoms with Gasteiger partial charge in [0.15, 0.2) is 0 Å². The minimum atomic E-state index is 0.00252. The van der Waals surface area contributed by atoms with Crippen LogP contribution in [0.15, 0.2) is 18.2 Å². The molecule has 1 amide bonds. The van der Waals surface area contributed by atoms with Crippen molar-refractivity contribution in [1.82, 2.24) is 10.2 Å². The third-order valence-corrected chi connectivity index (χ3v) is 2.97. The number of likely N-dealkylation sites (N-methyl/N-ethyl adjacent to an activating group) is 1. The monoisotopic (exact) mass is 283 g/mol. The molecule has 0 radical (unpaired) electrons. The van der Waals surface area contributed by atoms with Gasteiger partial charge in [-0.15, -0.1) is 0 Å². The molecule has 1 aromatic carbocycles. The molecule has 0 aromatic heterocycles. The molecule has 106 valence electrons. The molecule has 0 aliphatic rings. The van der Waals surface area contributed by atoms with E-state index in [1.807, 2.05) is 33.2 Å². The highest BCUT2D eigenvalue weighted by Crippen LogP contribution is 2.20. The number of hydrogen-bond donors (Lipinski definition) is 2. The smallest absolute Gasteiger partial charge is 0.225 e. The summed E-state index contributed by atoms with van der Waals surface area (Å²) >= 11 is 5.91. The number of aryl methyl sites for hydroxylation is 1. The van der Waals surface area contributed by atoms with Crippen LogP contribution >= 0.6 is 11.6 Å². The Labute approximate surface area is 120 Å². The van der Waals surface area contributed by atoms with E-state index in [0.29, 0.717) is 18.0 Å². The molecule has 0 saturated carbocycles. The number of halogens is 1. The standard InChI is InChI=1S/C14H22ClN3O/c1-11-4-5-12(15)10-13(11)17-14(19)6-7-16-8-9-18(2)3/h4-5,10,16H,6-9H2,1-3H3,(H,17,19). The molecule has 4 nitrogen and oxygen atoms in total. The van der Waals surface area contributed by atoms with Crippen molar-refractivity contribution in [3.05, 3.63) is 28.8 Å². The van der Waals surface area contributed by atoms with Crippen LogP contribution in [0.1, 0.15) is 12.0 Å². The van der Waals surface area contributed by atoms with Crippen LogP contribution in [-0.2, 0) is 4.79 Å². The lowest BCUT2D eigenvalue weighted by atomic mass is 10.2. The van der Waals surface area contributed by atoms with Crippen LogP contribution in [0.25, 0.3) is 0 Å². The maximum atomic E-state index is 11.8. The van der Waals surface area contributed by atoms with Crippen molar-refractivity contribution in [1.29, 1.82) is 0 Å². The Morgan fingerprint density at radius 3 is 2.74 bits per heavy atom. The molecule has 0 saturated heterocycles. The maximum Gasteiger partial charge on any atom is 0.225 e. The predicted octanol–water partition coefficient (Wildman–Crippen LogP) is 2.13. The van der Waals surface area contributed by atoms with E-state index in [2.05, 4.69) is 15.5 Å². The van der Waals surface area contributed by atoms with Crippen molar-refractivity contribution >= 4 is 23.2 Å². The summed E-state index contributed by atoms with van der Waals surface area (Å²) in [7, 11) is 4.05. The van der Waals surface area contributed by atoms with Gasteiger partial charge < -0.3 is 15.5 Å². The highest BCUT2D eigenvalue weighted by atomic mass is 35.5. The third-order valence-electron chi connectivity index (χ3n) is 2.74. The first-order chi connectivity index (χ1) is 8.99. The number of nitrogens with one attached hydrogen (secondary N) is 2. The highest BCUT2D eigenvalue weighted by Gasteiger charge is 2.05. The first kappa shape index (κ1) is 16.0. The van der Waals surface area contributed by atoms with Gasteiger partial charge in [-0.3, -0.25) is 4.79 Å². The van der Waals surface area contributed by atoms with Crippen LogP contribution in [-0.4, -0.2) is 44.5 Å². The first-order valence-corrected chi connectivity index (χ1v) is 6.78. The maximum absolute atomic E-state index is 11.8. The van der Waals surface area contributed by atoms with Crippen LogP contribution in [0.3, 0.4) is 0 Å². The van der Waals surface area contributed by atoms with E-state index in [9.17, 15) is 4.79 Å². The molecule has 0 fully saturated rings. The zero-order chi connectivity index (χ0) is 14.3. The summed E-state index contributed by atoms with van der Waals surface area (Å²) in [6.07, 6.45) is 0.458. The van der Waals surface area contributed by atoms with Gasteiger partial charge >= 0.3 is 0 Å². The largest absolute Gasteiger partial charge is 0.326 e. The van der Waals surface area contributed by atoms with Gasteiger partial charge in [-0.2, -0.15) is 0 Å². The van der Waals surface area contributed by atoms with Crippen molar-refractivity contribution in [3.8, 4) is 0 Å². The Kier molecular flexibility index (Phi) is 6.84. The zero-order valence-corrected chi connectivity index (χ0v) is 12.5. The van der Waals surface area contributed by atoms with Crippen molar-refractivity contribution < 1.29 is 4.79 Å².